The normalized spacial score (nSPS) is 13.7. The van der Waals surface area contributed by atoms with E-state index in [1.807, 2.05) is 0 Å². The van der Waals surface area contributed by atoms with E-state index in [9.17, 15) is 30.8 Å². The van der Waals surface area contributed by atoms with Crippen LogP contribution in [0.5, 0.6) is 0 Å². The zero-order valence-electron chi connectivity index (χ0n) is 16.6. The highest BCUT2D eigenvalue weighted by molar-refractivity contribution is 7.92. The molecule has 0 atom stereocenters. The van der Waals surface area contributed by atoms with Gasteiger partial charge in [-0.3, -0.25) is 9.10 Å². The molecule has 0 fully saturated rings. The highest BCUT2D eigenvalue weighted by Crippen LogP contribution is 2.33. The smallest absolute Gasteiger partial charge is 0.264 e. The zero-order valence-corrected chi connectivity index (χ0v) is 17.4. The molecule has 1 heterocycles. The quantitative estimate of drug-likeness (QED) is 0.310. The summed E-state index contributed by atoms with van der Waals surface area (Å²) in [5.74, 6) is -5.61. The van der Waals surface area contributed by atoms with Gasteiger partial charge in [-0.05, 0) is 66.4 Å². The number of halogens is 4. The van der Waals surface area contributed by atoms with Crippen molar-refractivity contribution in [3.05, 3.63) is 94.6 Å². The molecule has 0 aromatic heterocycles. The van der Waals surface area contributed by atoms with Crippen molar-refractivity contribution in [3.8, 4) is 0 Å². The van der Waals surface area contributed by atoms with E-state index >= 15 is 0 Å². The Bertz CT molecular complexity index is 1310. The summed E-state index contributed by atoms with van der Waals surface area (Å²) in [6.45, 7) is 0.178. The van der Waals surface area contributed by atoms with Gasteiger partial charge in [0.2, 0.25) is 0 Å². The number of Topliss-reactive ketones (excluding diaryl/α,β-unsaturated/α-hetero) is 1. The summed E-state index contributed by atoms with van der Waals surface area (Å²) in [6, 6.07) is 10.4. The minimum atomic E-state index is -4.00. The highest BCUT2D eigenvalue weighted by Gasteiger charge is 2.30. The number of hydrogen-bond acceptors (Lipinski definition) is 3. The van der Waals surface area contributed by atoms with Gasteiger partial charge >= 0.3 is 0 Å². The SMILES string of the molecule is O=C(Cc1ccc2c(c1)N(S(=O)(=O)c1ccc(F)cc1)CCC2)c1c(F)ccc(F)c1F. The molecular formula is C23H17F4NO3S. The van der Waals surface area contributed by atoms with E-state index in [4.69, 9.17) is 0 Å². The third-order valence-corrected chi connectivity index (χ3v) is 7.14. The molecule has 0 bridgehead atoms. The third-order valence-electron chi connectivity index (χ3n) is 5.31. The number of ketones is 1. The van der Waals surface area contributed by atoms with Gasteiger partial charge in [0.15, 0.2) is 17.4 Å². The summed E-state index contributed by atoms with van der Waals surface area (Å²) in [5.41, 5.74) is 0.406. The predicted molar refractivity (Wildman–Crippen MR) is 110 cm³/mol. The maximum atomic E-state index is 14.0. The molecule has 0 saturated heterocycles. The molecule has 1 aliphatic rings. The molecule has 0 radical (unpaired) electrons. The van der Waals surface area contributed by atoms with Gasteiger partial charge < -0.3 is 0 Å². The van der Waals surface area contributed by atoms with E-state index in [-0.39, 0.29) is 11.4 Å². The second-order valence-electron chi connectivity index (χ2n) is 7.42. The largest absolute Gasteiger partial charge is 0.294 e. The van der Waals surface area contributed by atoms with Crippen LogP contribution < -0.4 is 4.31 Å². The Morgan fingerprint density at radius 1 is 0.906 bits per heavy atom. The second kappa shape index (κ2) is 8.38. The lowest BCUT2D eigenvalue weighted by Gasteiger charge is -2.31. The van der Waals surface area contributed by atoms with E-state index < -0.39 is 51.1 Å². The van der Waals surface area contributed by atoms with Crippen LogP contribution in [0.15, 0.2) is 59.5 Å². The molecule has 0 spiro atoms. The van der Waals surface area contributed by atoms with Crippen molar-refractivity contribution in [2.24, 2.45) is 0 Å². The molecule has 0 unspecified atom stereocenters. The van der Waals surface area contributed by atoms with Gasteiger partial charge in [0, 0.05) is 13.0 Å². The maximum Gasteiger partial charge on any atom is 0.264 e. The van der Waals surface area contributed by atoms with Gasteiger partial charge in [-0.1, -0.05) is 12.1 Å². The minimum absolute atomic E-state index is 0.0860. The topological polar surface area (TPSA) is 54.5 Å². The van der Waals surface area contributed by atoms with Crippen LogP contribution in [0.1, 0.15) is 27.9 Å². The molecule has 1 aliphatic heterocycles. The first-order chi connectivity index (χ1) is 15.2. The number of carbonyl (C=O) groups is 1. The first kappa shape index (κ1) is 22.0. The Morgan fingerprint density at radius 2 is 1.59 bits per heavy atom. The number of aryl methyl sites for hydroxylation is 1. The van der Waals surface area contributed by atoms with Crippen molar-refractivity contribution in [2.45, 2.75) is 24.2 Å². The van der Waals surface area contributed by atoms with E-state index in [2.05, 4.69) is 0 Å². The van der Waals surface area contributed by atoms with E-state index in [0.717, 1.165) is 17.7 Å². The summed E-state index contributed by atoms with van der Waals surface area (Å²) < 4.78 is 82.1. The van der Waals surface area contributed by atoms with Gasteiger partial charge in [-0.2, -0.15) is 0 Å². The molecule has 4 rings (SSSR count). The van der Waals surface area contributed by atoms with Crippen LogP contribution in [0.3, 0.4) is 0 Å². The number of anilines is 1. The molecule has 4 nitrogen and oxygen atoms in total. The molecule has 0 N–H and O–H groups in total. The molecule has 3 aromatic rings. The first-order valence-corrected chi connectivity index (χ1v) is 11.2. The molecular weight excluding hydrogens is 446 g/mol. The van der Waals surface area contributed by atoms with Crippen LogP contribution in [0.25, 0.3) is 0 Å². The summed E-state index contributed by atoms with van der Waals surface area (Å²) in [7, 11) is -4.00. The molecule has 0 amide bonds. The lowest BCUT2D eigenvalue weighted by molar-refractivity contribution is 0.0983. The average Bonchev–Trinajstić information content (AvgIpc) is 2.76. The number of hydrogen-bond donors (Lipinski definition) is 0. The summed E-state index contributed by atoms with van der Waals surface area (Å²) >= 11 is 0. The Morgan fingerprint density at radius 3 is 2.31 bits per heavy atom. The Labute approximate surface area is 182 Å². The van der Waals surface area contributed by atoms with Gasteiger partial charge in [0.25, 0.3) is 10.0 Å². The highest BCUT2D eigenvalue weighted by atomic mass is 32.2. The second-order valence-corrected chi connectivity index (χ2v) is 9.28. The lowest BCUT2D eigenvalue weighted by Crippen LogP contribution is -2.35. The van der Waals surface area contributed by atoms with Gasteiger partial charge in [-0.15, -0.1) is 0 Å². The van der Waals surface area contributed by atoms with Crippen molar-refractivity contribution >= 4 is 21.5 Å². The average molecular weight is 463 g/mol. The van der Waals surface area contributed by atoms with Gasteiger partial charge in [0.05, 0.1) is 16.1 Å². The third kappa shape index (κ3) is 4.00. The van der Waals surface area contributed by atoms with Crippen molar-refractivity contribution in [3.63, 3.8) is 0 Å². The number of sulfonamides is 1. The fourth-order valence-corrected chi connectivity index (χ4v) is 5.27. The van der Waals surface area contributed by atoms with Crippen molar-refractivity contribution in [1.29, 1.82) is 0 Å². The van der Waals surface area contributed by atoms with Crippen LogP contribution in [-0.4, -0.2) is 20.7 Å². The minimum Gasteiger partial charge on any atom is -0.294 e. The predicted octanol–water partition coefficient (Wildman–Crippen LogP) is 4.81. The fraction of sp³-hybridized carbons (Fsp3) is 0.174. The Balaban J connectivity index is 1.69. The molecule has 166 valence electrons. The van der Waals surface area contributed by atoms with Gasteiger partial charge in [-0.25, -0.2) is 26.0 Å². The molecule has 32 heavy (non-hydrogen) atoms. The molecule has 9 heteroatoms. The van der Waals surface area contributed by atoms with E-state index in [1.54, 1.807) is 12.1 Å². The molecule has 0 saturated carbocycles. The van der Waals surface area contributed by atoms with Crippen LogP contribution in [0.4, 0.5) is 23.2 Å². The standard InChI is InChI=1S/C23H17F4NO3S/c24-16-5-7-17(8-6-16)32(30,31)28-11-1-2-15-4-3-14(12-20(15)28)13-21(29)22-18(25)9-10-19(26)23(22)27/h3-10,12H,1-2,11,13H2. The van der Waals surface area contributed by atoms with Crippen LogP contribution in [0.2, 0.25) is 0 Å². The number of benzene rings is 3. The van der Waals surface area contributed by atoms with E-state index in [0.29, 0.717) is 36.2 Å². The van der Waals surface area contributed by atoms with Crippen LogP contribution in [0, 0.1) is 23.3 Å². The van der Waals surface area contributed by atoms with Gasteiger partial charge in [0.1, 0.15) is 11.6 Å². The first-order valence-electron chi connectivity index (χ1n) is 9.75. The Hall–Kier alpha value is -3.20. The zero-order chi connectivity index (χ0) is 23.0. The monoisotopic (exact) mass is 463 g/mol. The summed E-state index contributed by atoms with van der Waals surface area (Å²) in [4.78, 5) is 12.4. The number of carbonyl (C=O) groups excluding carboxylic acids is 1. The lowest BCUT2D eigenvalue weighted by atomic mass is 9.97. The molecule has 0 aliphatic carbocycles. The summed E-state index contributed by atoms with van der Waals surface area (Å²) in [5, 5.41) is 0. The maximum absolute atomic E-state index is 14.0. The molecule has 3 aromatic carbocycles. The van der Waals surface area contributed by atoms with Crippen LogP contribution in [-0.2, 0) is 22.9 Å². The number of nitrogens with zero attached hydrogens (tertiary/aromatic N) is 1. The van der Waals surface area contributed by atoms with Crippen molar-refractivity contribution in [2.75, 3.05) is 10.8 Å². The summed E-state index contributed by atoms with van der Waals surface area (Å²) in [6.07, 6.45) is 0.715. The van der Waals surface area contributed by atoms with Crippen molar-refractivity contribution in [1.82, 2.24) is 0 Å². The number of rotatable bonds is 5. The van der Waals surface area contributed by atoms with E-state index in [1.165, 1.54) is 22.5 Å². The van der Waals surface area contributed by atoms with Crippen molar-refractivity contribution < 1.29 is 30.8 Å². The Kier molecular flexibility index (Phi) is 5.77. The number of fused-ring (bicyclic) bond motifs is 1. The van der Waals surface area contributed by atoms with Crippen LogP contribution >= 0.6 is 0 Å². The fourth-order valence-electron chi connectivity index (χ4n) is 3.74.